The molecule has 2 aliphatic rings. The normalized spacial score (nSPS) is 18.4. The summed E-state index contributed by atoms with van der Waals surface area (Å²) < 4.78 is 0. The third kappa shape index (κ3) is 3.76. The molecule has 0 N–H and O–H groups in total. The van der Waals surface area contributed by atoms with Crippen molar-refractivity contribution in [1.82, 2.24) is 4.90 Å². The molecule has 0 radical (unpaired) electrons. The van der Waals surface area contributed by atoms with Gasteiger partial charge in [-0.3, -0.25) is 4.90 Å². The Balaban J connectivity index is 1.59. The van der Waals surface area contributed by atoms with Gasteiger partial charge in [0.15, 0.2) is 0 Å². The van der Waals surface area contributed by atoms with Gasteiger partial charge in [-0.2, -0.15) is 0 Å². The maximum absolute atomic E-state index is 2.61. The van der Waals surface area contributed by atoms with Gasteiger partial charge >= 0.3 is 0 Å². The molecule has 30 heavy (non-hydrogen) atoms. The first-order valence-electron chi connectivity index (χ1n) is 11.6. The SMILES string of the molecule is CC(C)N(CCC1=CC([Si](C)(C)C2c3ccccc3-c3ccccc32)C=C1)C(C)C. The van der Waals surface area contributed by atoms with Gasteiger partial charge in [0.05, 0.1) is 8.07 Å². The minimum Gasteiger partial charge on any atom is -0.298 e. The van der Waals surface area contributed by atoms with E-state index in [4.69, 9.17) is 0 Å². The third-order valence-corrected chi connectivity index (χ3v) is 11.5. The number of rotatable bonds is 7. The predicted molar refractivity (Wildman–Crippen MR) is 134 cm³/mol. The first-order valence-corrected chi connectivity index (χ1v) is 14.8. The van der Waals surface area contributed by atoms with E-state index in [1.165, 1.54) is 16.7 Å². The highest BCUT2D eigenvalue weighted by atomic mass is 28.3. The van der Waals surface area contributed by atoms with Crippen molar-refractivity contribution in [2.24, 2.45) is 0 Å². The Morgan fingerprint density at radius 2 is 1.37 bits per heavy atom. The quantitative estimate of drug-likeness (QED) is 0.425. The number of benzene rings is 2. The number of hydrogen-bond donors (Lipinski definition) is 0. The van der Waals surface area contributed by atoms with Crippen LogP contribution in [0.1, 0.15) is 50.8 Å². The highest BCUT2D eigenvalue weighted by Crippen LogP contribution is 2.52. The molecule has 0 fully saturated rings. The summed E-state index contributed by atoms with van der Waals surface area (Å²) in [7, 11) is -1.66. The molecular formula is C28H37NSi. The van der Waals surface area contributed by atoms with Gasteiger partial charge in [0.1, 0.15) is 0 Å². The summed E-state index contributed by atoms with van der Waals surface area (Å²) in [4.78, 5) is 2.61. The van der Waals surface area contributed by atoms with Crippen LogP contribution in [-0.4, -0.2) is 31.6 Å². The van der Waals surface area contributed by atoms with Crippen LogP contribution in [-0.2, 0) is 0 Å². The molecule has 2 aliphatic carbocycles. The molecule has 4 rings (SSSR count). The van der Waals surface area contributed by atoms with E-state index in [0.29, 0.717) is 23.2 Å². The van der Waals surface area contributed by atoms with Crippen LogP contribution in [0, 0.1) is 0 Å². The van der Waals surface area contributed by atoms with Crippen LogP contribution >= 0.6 is 0 Å². The van der Waals surface area contributed by atoms with E-state index < -0.39 is 8.07 Å². The van der Waals surface area contributed by atoms with Crippen molar-refractivity contribution in [1.29, 1.82) is 0 Å². The fourth-order valence-corrected chi connectivity index (χ4v) is 9.45. The lowest BCUT2D eigenvalue weighted by molar-refractivity contribution is 0.178. The summed E-state index contributed by atoms with van der Waals surface area (Å²) in [6.07, 6.45) is 8.70. The van der Waals surface area contributed by atoms with Crippen molar-refractivity contribution in [3.05, 3.63) is 83.5 Å². The molecule has 2 heteroatoms. The zero-order valence-corrected chi connectivity index (χ0v) is 20.5. The molecule has 158 valence electrons. The van der Waals surface area contributed by atoms with Crippen LogP contribution in [0.15, 0.2) is 72.3 Å². The number of nitrogens with zero attached hydrogens (tertiary/aromatic N) is 1. The van der Waals surface area contributed by atoms with E-state index in [9.17, 15) is 0 Å². The number of hydrogen-bond acceptors (Lipinski definition) is 1. The van der Waals surface area contributed by atoms with Gasteiger partial charge in [0, 0.05) is 24.2 Å². The molecular weight excluding hydrogens is 378 g/mol. The Kier molecular flexibility index (Phi) is 5.92. The molecule has 0 aliphatic heterocycles. The van der Waals surface area contributed by atoms with E-state index in [0.717, 1.165) is 13.0 Å². The smallest absolute Gasteiger partial charge is 0.0715 e. The predicted octanol–water partition coefficient (Wildman–Crippen LogP) is 7.42. The summed E-state index contributed by atoms with van der Waals surface area (Å²) in [6.45, 7) is 15.6. The summed E-state index contributed by atoms with van der Waals surface area (Å²) in [6, 6.07) is 19.4. The van der Waals surface area contributed by atoms with Crippen molar-refractivity contribution in [2.75, 3.05) is 6.54 Å². The molecule has 2 aromatic rings. The molecule has 0 heterocycles. The van der Waals surface area contributed by atoms with Crippen LogP contribution in [0.3, 0.4) is 0 Å². The standard InChI is InChI=1S/C28H37NSi/c1-20(2)29(21(3)4)18-17-22-15-16-23(19-22)30(5,6)28-26-13-9-7-11-24(26)25-12-8-10-14-27(25)28/h7-16,19-21,23,28H,17-18H2,1-6H3. The average Bonchev–Trinajstić information content (AvgIpc) is 3.31. The second kappa shape index (κ2) is 8.32. The Morgan fingerprint density at radius 3 is 1.90 bits per heavy atom. The molecule has 1 unspecified atom stereocenters. The van der Waals surface area contributed by atoms with Crippen molar-refractivity contribution < 1.29 is 0 Å². The summed E-state index contributed by atoms with van der Waals surface area (Å²) >= 11 is 0. The Bertz CT molecular complexity index is 913. The lowest BCUT2D eigenvalue weighted by Crippen LogP contribution is -2.38. The zero-order chi connectivity index (χ0) is 21.5. The van der Waals surface area contributed by atoms with Crippen LogP contribution in [0.5, 0.6) is 0 Å². The number of allylic oxidation sites excluding steroid dienone is 3. The fraction of sp³-hybridized carbons (Fsp3) is 0.429. The summed E-state index contributed by atoms with van der Waals surface area (Å²) in [5.74, 6) is 0. The van der Waals surface area contributed by atoms with Crippen molar-refractivity contribution >= 4 is 8.07 Å². The topological polar surface area (TPSA) is 3.24 Å². The van der Waals surface area contributed by atoms with E-state index in [2.05, 4.69) is 112 Å². The van der Waals surface area contributed by atoms with Crippen LogP contribution < -0.4 is 0 Å². The maximum Gasteiger partial charge on any atom is 0.0715 e. The van der Waals surface area contributed by atoms with Gasteiger partial charge in [-0.1, -0.05) is 85.4 Å². The molecule has 0 bridgehead atoms. The van der Waals surface area contributed by atoms with Crippen LogP contribution in [0.25, 0.3) is 11.1 Å². The minimum atomic E-state index is -1.66. The highest BCUT2D eigenvalue weighted by molar-refractivity contribution is 6.82. The lowest BCUT2D eigenvalue weighted by Gasteiger charge is -2.35. The zero-order valence-electron chi connectivity index (χ0n) is 19.5. The molecule has 0 spiro atoms. The van der Waals surface area contributed by atoms with Crippen molar-refractivity contribution in [2.45, 2.75) is 70.4 Å². The fourth-order valence-electron chi connectivity index (χ4n) is 5.72. The molecule has 2 aromatic carbocycles. The molecule has 1 nitrogen and oxygen atoms in total. The monoisotopic (exact) mass is 415 g/mol. The molecule has 0 aromatic heterocycles. The first-order chi connectivity index (χ1) is 14.3. The summed E-state index contributed by atoms with van der Waals surface area (Å²) in [5, 5.41) is 0. The van der Waals surface area contributed by atoms with Crippen molar-refractivity contribution in [3.8, 4) is 11.1 Å². The van der Waals surface area contributed by atoms with Gasteiger partial charge in [0.25, 0.3) is 0 Å². The van der Waals surface area contributed by atoms with E-state index in [1.807, 2.05) is 0 Å². The second-order valence-electron chi connectivity index (χ2n) is 10.2. The minimum absolute atomic E-state index is 0.568. The van der Waals surface area contributed by atoms with Gasteiger partial charge in [-0.15, -0.1) is 0 Å². The Hall–Kier alpha value is -1.90. The van der Waals surface area contributed by atoms with Crippen LogP contribution in [0.4, 0.5) is 0 Å². The third-order valence-electron chi connectivity index (χ3n) is 7.33. The number of fused-ring (bicyclic) bond motifs is 3. The maximum atomic E-state index is 2.61. The first kappa shape index (κ1) is 21.3. The molecule has 0 amide bonds. The van der Waals surface area contributed by atoms with Gasteiger partial charge < -0.3 is 0 Å². The Labute approximate surface area is 184 Å². The summed E-state index contributed by atoms with van der Waals surface area (Å²) in [5.41, 5.74) is 8.71. The van der Waals surface area contributed by atoms with Gasteiger partial charge in [0.2, 0.25) is 0 Å². The molecule has 0 saturated heterocycles. The average molecular weight is 416 g/mol. The highest BCUT2D eigenvalue weighted by Gasteiger charge is 2.44. The Morgan fingerprint density at radius 1 is 0.833 bits per heavy atom. The van der Waals surface area contributed by atoms with Crippen LogP contribution in [0.2, 0.25) is 18.6 Å². The molecule has 0 saturated carbocycles. The van der Waals surface area contributed by atoms with Crippen molar-refractivity contribution in [3.63, 3.8) is 0 Å². The van der Waals surface area contributed by atoms with E-state index in [1.54, 1.807) is 11.1 Å². The van der Waals surface area contributed by atoms with Gasteiger partial charge in [-0.25, -0.2) is 0 Å². The second-order valence-corrected chi connectivity index (χ2v) is 15.1. The lowest BCUT2D eigenvalue weighted by atomic mass is 10.1. The largest absolute Gasteiger partial charge is 0.298 e. The van der Waals surface area contributed by atoms with E-state index >= 15 is 0 Å². The van der Waals surface area contributed by atoms with E-state index in [-0.39, 0.29) is 0 Å². The molecule has 1 atom stereocenters. The van der Waals surface area contributed by atoms with Gasteiger partial charge in [-0.05, 0) is 61.9 Å².